The van der Waals surface area contributed by atoms with Gasteiger partial charge in [0.2, 0.25) is 5.88 Å². The zero-order valence-electron chi connectivity index (χ0n) is 13.5. The number of hydrogen-bond acceptors (Lipinski definition) is 6. The van der Waals surface area contributed by atoms with Crippen molar-refractivity contribution in [3.63, 3.8) is 0 Å². The van der Waals surface area contributed by atoms with E-state index in [0.29, 0.717) is 16.8 Å². The maximum atomic E-state index is 12.1. The van der Waals surface area contributed by atoms with Crippen molar-refractivity contribution in [2.24, 2.45) is 0 Å². The van der Waals surface area contributed by atoms with Crippen molar-refractivity contribution >= 4 is 23.5 Å². The van der Waals surface area contributed by atoms with Gasteiger partial charge in [0.25, 0.3) is 0 Å². The summed E-state index contributed by atoms with van der Waals surface area (Å²) in [6, 6.07) is 18.0. The third kappa shape index (κ3) is 4.43. The summed E-state index contributed by atoms with van der Waals surface area (Å²) in [5.74, 6) is -1.24. The minimum atomic E-state index is -0.627. The molecule has 0 saturated carbocycles. The standard InChI is InChI=1S/C19H13ClN2O4/c20-12-15-11-16(25-17(23)13-7-3-1-4-8-13)22-19(21-15)26-18(24)14-9-5-2-6-10-14/h1-11H,12H2. The van der Waals surface area contributed by atoms with E-state index in [4.69, 9.17) is 21.1 Å². The van der Waals surface area contributed by atoms with Crippen LogP contribution in [0.4, 0.5) is 0 Å². The van der Waals surface area contributed by atoms with E-state index in [-0.39, 0.29) is 17.8 Å². The number of carbonyl (C=O) groups excluding carboxylic acids is 2. The molecular weight excluding hydrogens is 356 g/mol. The summed E-state index contributed by atoms with van der Waals surface area (Å²) in [6.07, 6.45) is 0. The summed E-state index contributed by atoms with van der Waals surface area (Å²) in [5.41, 5.74) is 1.06. The maximum Gasteiger partial charge on any atom is 0.345 e. The van der Waals surface area contributed by atoms with Gasteiger partial charge in [0.15, 0.2) is 0 Å². The Balaban J connectivity index is 1.80. The van der Waals surface area contributed by atoms with Gasteiger partial charge in [0.05, 0.1) is 22.7 Å². The third-order valence-corrected chi connectivity index (χ3v) is 3.55. The molecular formula is C19H13ClN2O4. The number of halogens is 1. The summed E-state index contributed by atoms with van der Waals surface area (Å²) < 4.78 is 10.4. The van der Waals surface area contributed by atoms with E-state index in [1.54, 1.807) is 60.7 Å². The van der Waals surface area contributed by atoms with E-state index >= 15 is 0 Å². The highest BCUT2D eigenvalue weighted by molar-refractivity contribution is 6.16. The number of aromatic nitrogens is 2. The van der Waals surface area contributed by atoms with Gasteiger partial charge in [-0.2, -0.15) is 9.97 Å². The van der Waals surface area contributed by atoms with E-state index in [1.165, 1.54) is 6.07 Å². The Hall–Kier alpha value is -3.25. The second-order valence-electron chi connectivity index (χ2n) is 5.12. The Morgan fingerprint density at radius 3 is 1.88 bits per heavy atom. The van der Waals surface area contributed by atoms with Crippen LogP contribution < -0.4 is 9.47 Å². The van der Waals surface area contributed by atoms with Crippen LogP contribution in [0.1, 0.15) is 26.4 Å². The van der Waals surface area contributed by atoms with E-state index in [2.05, 4.69) is 9.97 Å². The summed E-state index contributed by atoms with van der Waals surface area (Å²) in [7, 11) is 0. The largest absolute Gasteiger partial charge is 0.404 e. The molecule has 26 heavy (non-hydrogen) atoms. The summed E-state index contributed by atoms with van der Waals surface area (Å²) >= 11 is 5.81. The molecule has 0 amide bonds. The molecule has 0 aliphatic carbocycles. The highest BCUT2D eigenvalue weighted by Gasteiger charge is 2.15. The summed E-state index contributed by atoms with van der Waals surface area (Å²) in [4.78, 5) is 32.2. The Morgan fingerprint density at radius 2 is 1.35 bits per heavy atom. The van der Waals surface area contributed by atoms with Gasteiger partial charge in [0, 0.05) is 6.07 Å². The molecule has 1 heterocycles. The average Bonchev–Trinajstić information content (AvgIpc) is 2.69. The molecule has 3 rings (SSSR count). The molecule has 0 aliphatic rings. The van der Waals surface area contributed by atoms with Gasteiger partial charge < -0.3 is 9.47 Å². The van der Waals surface area contributed by atoms with Crippen LogP contribution >= 0.6 is 11.6 Å². The lowest BCUT2D eigenvalue weighted by Crippen LogP contribution is -2.13. The van der Waals surface area contributed by atoms with Crippen molar-refractivity contribution in [2.45, 2.75) is 5.88 Å². The van der Waals surface area contributed by atoms with E-state index < -0.39 is 11.9 Å². The van der Waals surface area contributed by atoms with E-state index in [9.17, 15) is 9.59 Å². The molecule has 0 saturated heterocycles. The van der Waals surface area contributed by atoms with Crippen molar-refractivity contribution in [1.29, 1.82) is 0 Å². The highest BCUT2D eigenvalue weighted by Crippen LogP contribution is 2.18. The van der Waals surface area contributed by atoms with E-state index in [1.807, 2.05) is 0 Å². The molecule has 0 fully saturated rings. The van der Waals surface area contributed by atoms with Gasteiger partial charge in [-0.15, -0.1) is 11.6 Å². The molecule has 1 aromatic heterocycles. The lowest BCUT2D eigenvalue weighted by molar-refractivity contribution is 0.0711. The van der Waals surface area contributed by atoms with Crippen LogP contribution in [0.2, 0.25) is 0 Å². The van der Waals surface area contributed by atoms with Crippen molar-refractivity contribution < 1.29 is 19.1 Å². The SMILES string of the molecule is O=C(Oc1cc(CCl)nc(OC(=O)c2ccccc2)n1)c1ccccc1. The van der Waals surface area contributed by atoms with Crippen molar-refractivity contribution in [2.75, 3.05) is 0 Å². The first-order valence-corrected chi connectivity index (χ1v) is 8.17. The van der Waals surface area contributed by atoms with Crippen molar-refractivity contribution in [3.8, 4) is 11.9 Å². The van der Waals surface area contributed by atoms with Crippen LogP contribution in [-0.2, 0) is 5.88 Å². The minimum Gasteiger partial charge on any atom is -0.404 e. The fraction of sp³-hybridized carbons (Fsp3) is 0.0526. The summed E-state index contributed by atoms with van der Waals surface area (Å²) in [5, 5.41) is 0. The molecule has 130 valence electrons. The number of carbonyl (C=O) groups is 2. The summed E-state index contributed by atoms with van der Waals surface area (Å²) in [6.45, 7) is 0. The van der Waals surface area contributed by atoms with Gasteiger partial charge in [-0.05, 0) is 24.3 Å². The molecule has 0 unspecified atom stereocenters. The lowest BCUT2D eigenvalue weighted by Gasteiger charge is -2.07. The van der Waals surface area contributed by atoms with Gasteiger partial charge in [-0.25, -0.2) is 9.59 Å². The first-order valence-electron chi connectivity index (χ1n) is 7.64. The van der Waals surface area contributed by atoms with Gasteiger partial charge in [-0.3, -0.25) is 0 Å². The molecule has 0 aliphatic heterocycles. The maximum absolute atomic E-state index is 12.1. The normalized spacial score (nSPS) is 10.2. The topological polar surface area (TPSA) is 78.4 Å². The Labute approximate surface area is 154 Å². The van der Waals surface area contributed by atoms with Crippen LogP contribution in [0.25, 0.3) is 0 Å². The molecule has 0 spiro atoms. The lowest BCUT2D eigenvalue weighted by atomic mass is 10.2. The molecule has 0 bridgehead atoms. The van der Waals surface area contributed by atoms with Crippen LogP contribution in [0.3, 0.4) is 0 Å². The molecule has 2 aromatic carbocycles. The number of ether oxygens (including phenoxy) is 2. The van der Waals surface area contributed by atoms with Crippen LogP contribution in [-0.4, -0.2) is 21.9 Å². The van der Waals surface area contributed by atoms with Gasteiger partial charge in [0.1, 0.15) is 0 Å². The van der Waals surface area contributed by atoms with Gasteiger partial charge in [-0.1, -0.05) is 36.4 Å². The molecule has 0 radical (unpaired) electrons. The quantitative estimate of drug-likeness (QED) is 0.505. The van der Waals surface area contributed by atoms with Crippen LogP contribution in [0.5, 0.6) is 11.9 Å². The van der Waals surface area contributed by atoms with Crippen LogP contribution in [0.15, 0.2) is 66.7 Å². The number of nitrogens with zero attached hydrogens (tertiary/aromatic N) is 2. The predicted molar refractivity (Wildman–Crippen MR) is 94.4 cm³/mol. The van der Waals surface area contributed by atoms with Crippen LogP contribution in [0, 0.1) is 0 Å². The second-order valence-corrected chi connectivity index (χ2v) is 5.39. The molecule has 6 nitrogen and oxygen atoms in total. The Kier molecular flexibility index (Phi) is 5.56. The van der Waals surface area contributed by atoms with Crippen molar-refractivity contribution in [1.82, 2.24) is 9.97 Å². The molecule has 7 heteroatoms. The highest BCUT2D eigenvalue weighted by atomic mass is 35.5. The molecule has 3 aromatic rings. The monoisotopic (exact) mass is 368 g/mol. The minimum absolute atomic E-state index is 0.0360. The van der Waals surface area contributed by atoms with E-state index in [0.717, 1.165) is 0 Å². The zero-order chi connectivity index (χ0) is 18.4. The second kappa shape index (κ2) is 8.22. The smallest absolute Gasteiger partial charge is 0.345 e. The molecule has 0 N–H and O–H groups in total. The van der Waals surface area contributed by atoms with Gasteiger partial charge >= 0.3 is 17.9 Å². The number of alkyl halides is 1. The third-order valence-electron chi connectivity index (χ3n) is 3.27. The average molecular weight is 369 g/mol. The fourth-order valence-electron chi connectivity index (χ4n) is 2.06. The number of benzene rings is 2. The molecule has 0 atom stereocenters. The first-order chi connectivity index (χ1) is 12.7. The Morgan fingerprint density at radius 1 is 0.808 bits per heavy atom. The number of hydrogen-bond donors (Lipinski definition) is 0. The number of rotatable bonds is 5. The number of esters is 2. The zero-order valence-corrected chi connectivity index (χ0v) is 14.2. The first kappa shape index (κ1) is 17.6. The Bertz CT molecular complexity index is 846. The predicted octanol–water partition coefficient (Wildman–Crippen LogP) is 3.65. The van der Waals surface area contributed by atoms with Crippen molar-refractivity contribution in [3.05, 3.63) is 83.6 Å². The fourth-order valence-corrected chi connectivity index (χ4v) is 2.20.